The fourth-order valence-electron chi connectivity index (χ4n) is 2.00. The van der Waals surface area contributed by atoms with E-state index in [4.69, 9.17) is 0 Å². The highest BCUT2D eigenvalue weighted by atomic mass is 79.9. The van der Waals surface area contributed by atoms with Gasteiger partial charge < -0.3 is 4.90 Å². The van der Waals surface area contributed by atoms with Gasteiger partial charge in [-0.2, -0.15) is 0 Å². The minimum absolute atomic E-state index is 0.860. The van der Waals surface area contributed by atoms with Crippen molar-refractivity contribution in [3.63, 3.8) is 0 Å². The first-order chi connectivity index (χ1) is 8.76. The van der Waals surface area contributed by atoms with E-state index < -0.39 is 0 Å². The van der Waals surface area contributed by atoms with E-state index in [-0.39, 0.29) is 0 Å². The average molecular weight is 369 g/mol. The molecule has 0 unspecified atom stereocenters. The summed E-state index contributed by atoms with van der Waals surface area (Å²) in [6.07, 6.45) is 0. The molecule has 0 saturated carbocycles. The summed E-state index contributed by atoms with van der Waals surface area (Å²) in [6.45, 7) is 3.12. The van der Waals surface area contributed by atoms with Gasteiger partial charge >= 0.3 is 0 Å². The number of halogens is 2. The lowest BCUT2D eigenvalue weighted by Crippen LogP contribution is -2.17. The Bertz CT molecular complexity index is 511. The van der Waals surface area contributed by atoms with Gasteiger partial charge in [0.15, 0.2) is 0 Å². The minimum Gasteiger partial charge on any atom is -0.341 e. The summed E-state index contributed by atoms with van der Waals surface area (Å²) >= 11 is 7.11. The van der Waals surface area contributed by atoms with Crippen LogP contribution in [0.2, 0.25) is 0 Å². The molecule has 0 aromatic heterocycles. The van der Waals surface area contributed by atoms with Gasteiger partial charge in [0.1, 0.15) is 0 Å². The maximum atomic E-state index is 3.56. The van der Waals surface area contributed by atoms with Crippen LogP contribution in [0.1, 0.15) is 12.5 Å². The Kier molecular flexibility index (Phi) is 4.84. The molecule has 0 spiro atoms. The molecule has 2 rings (SSSR count). The van der Waals surface area contributed by atoms with Gasteiger partial charge in [-0.05, 0) is 36.8 Å². The second kappa shape index (κ2) is 6.39. The Morgan fingerprint density at radius 3 is 2.39 bits per heavy atom. The van der Waals surface area contributed by atoms with Gasteiger partial charge in [-0.15, -0.1) is 0 Å². The molecule has 0 saturated heterocycles. The fraction of sp³-hybridized carbons (Fsp3) is 0.200. The monoisotopic (exact) mass is 367 g/mol. The SMILES string of the molecule is CCN(c1ccccc1)c1cc(Br)ccc1CBr. The third-order valence-corrected chi connectivity index (χ3v) is 3.96. The van der Waals surface area contributed by atoms with Crippen LogP contribution in [0, 0.1) is 0 Å². The first-order valence-corrected chi connectivity index (χ1v) is 7.84. The molecular weight excluding hydrogens is 354 g/mol. The zero-order chi connectivity index (χ0) is 13.0. The first kappa shape index (κ1) is 13.6. The van der Waals surface area contributed by atoms with E-state index in [2.05, 4.69) is 86.1 Å². The molecule has 0 radical (unpaired) electrons. The van der Waals surface area contributed by atoms with Crippen molar-refractivity contribution < 1.29 is 0 Å². The van der Waals surface area contributed by atoms with Crippen LogP contribution in [0.4, 0.5) is 11.4 Å². The van der Waals surface area contributed by atoms with Gasteiger partial charge in [0, 0.05) is 27.7 Å². The largest absolute Gasteiger partial charge is 0.341 e. The van der Waals surface area contributed by atoms with Crippen molar-refractivity contribution >= 4 is 43.2 Å². The number of hydrogen-bond donors (Lipinski definition) is 0. The number of anilines is 2. The summed E-state index contributed by atoms with van der Waals surface area (Å²) in [5.41, 5.74) is 3.76. The second-order valence-electron chi connectivity index (χ2n) is 3.99. The van der Waals surface area contributed by atoms with Crippen LogP contribution in [0.15, 0.2) is 53.0 Å². The molecule has 3 heteroatoms. The predicted octanol–water partition coefficient (Wildman–Crippen LogP) is 5.50. The molecule has 0 aliphatic rings. The number of para-hydroxylation sites is 1. The smallest absolute Gasteiger partial charge is 0.0463 e. The highest BCUT2D eigenvalue weighted by molar-refractivity contribution is 9.10. The molecule has 94 valence electrons. The van der Waals surface area contributed by atoms with Crippen molar-refractivity contribution in [3.05, 3.63) is 58.6 Å². The number of hydrogen-bond acceptors (Lipinski definition) is 1. The highest BCUT2D eigenvalue weighted by Crippen LogP contribution is 2.32. The number of rotatable bonds is 4. The fourth-order valence-corrected chi connectivity index (χ4v) is 2.82. The Morgan fingerprint density at radius 2 is 1.78 bits per heavy atom. The van der Waals surface area contributed by atoms with Gasteiger partial charge in [-0.25, -0.2) is 0 Å². The zero-order valence-electron chi connectivity index (χ0n) is 10.2. The van der Waals surface area contributed by atoms with Crippen LogP contribution in [0.5, 0.6) is 0 Å². The number of nitrogens with zero attached hydrogens (tertiary/aromatic N) is 1. The van der Waals surface area contributed by atoms with E-state index in [1.165, 1.54) is 16.9 Å². The molecule has 0 N–H and O–H groups in total. The normalized spacial score (nSPS) is 10.4. The molecule has 0 aliphatic carbocycles. The Morgan fingerprint density at radius 1 is 1.06 bits per heavy atom. The summed E-state index contributed by atoms with van der Waals surface area (Å²) in [5.74, 6) is 0. The summed E-state index contributed by atoms with van der Waals surface area (Å²) in [7, 11) is 0. The summed E-state index contributed by atoms with van der Waals surface area (Å²) in [5, 5.41) is 0.860. The van der Waals surface area contributed by atoms with Crippen molar-refractivity contribution in [2.45, 2.75) is 12.3 Å². The highest BCUT2D eigenvalue weighted by Gasteiger charge is 2.11. The first-order valence-electron chi connectivity index (χ1n) is 5.93. The summed E-state index contributed by atoms with van der Waals surface area (Å²) < 4.78 is 1.11. The molecule has 0 fully saturated rings. The molecule has 1 nitrogen and oxygen atoms in total. The molecule has 2 aromatic carbocycles. The average Bonchev–Trinajstić information content (AvgIpc) is 2.41. The molecule has 0 amide bonds. The van der Waals surface area contributed by atoms with E-state index in [0.29, 0.717) is 0 Å². The van der Waals surface area contributed by atoms with Crippen LogP contribution in [-0.4, -0.2) is 6.54 Å². The Balaban J connectivity index is 2.48. The van der Waals surface area contributed by atoms with Crippen molar-refractivity contribution in [3.8, 4) is 0 Å². The van der Waals surface area contributed by atoms with Crippen LogP contribution in [0.3, 0.4) is 0 Å². The predicted molar refractivity (Wildman–Crippen MR) is 85.9 cm³/mol. The van der Waals surface area contributed by atoms with E-state index in [9.17, 15) is 0 Å². The quantitative estimate of drug-likeness (QED) is 0.644. The van der Waals surface area contributed by atoms with E-state index in [1.807, 2.05) is 6.07 Å². The molecule has 0 atom stereocenters. The van der Waals surface area contributed by atoms with Crippen molar-refractivity contribution in [2.24, 2.45) is 0 Å². The third kappa shape index (κ3) is 2.96. The van der Waals surface area contributed by atoms with E-state index in [1.54, 1.807) is 0 Å². The van der Waals surface area contributed by atoms with Crippen LogP contribution in [0.25, 0.3) is 0 Å². The van der Waals surface area contributed by atoms with Crippen molar-refractivity contribution in [1.29, 1.82) is 0 Å². The van der Waals surface area contributed by atoms with Crippen LogP contribution < -0.4 is 4.90 Å². The van der Waals surface area contributed by atoms with Gasteiger partial charge in [0.2, 0.25) is 0 Å². The molecule has 18 heavy (non-hydrogen) atoms. The zero-order valence-corrected chi connectivity index (χ0v) is 13.4. The molecule has 0 aliphatic heterocycles. The molecule has 2 aromatic rings. The van der Waals surface area contributed by atoms with Gasteiger partial charge in [-0.3, -0.25) is 0 Å². The maximum absolute atomic E-state index is 3.56. The lowest BCUT2D eigenvalue weighted by atomic mass is 10.1. The van der Waals surface area contributed by atoms with Crippen LogP contribution in [-0.2, 0) is 5.33 Å². The van der Waals surface area contributed by atoms with Crippen molar-refractivity contribution in [2.75, 3.05) is 11.4 Å². The molecular formula is C15H15Br2N. The minimum atomic E-state index is 0.860. The number of benzene rings is 2. The summed E-state index contributed by atoms with van der Waals surface area (Å²) in [6, 6.07) is 16.9. The third-order valence-electron chi connectivity index (χ3n) is 2.87. The van der Waals surface area contributed by atoms with E-state index >= 15 is 0 Å². The van der Waals surface area contributed by atoms with Crippen molar-refractivity contribution in [1.82, 2.24) is 0 Å². The topological polar surface area (TPSA) is 3.24 Å². The van der Waals surface area contributed by atoms with Gasteiger partial charge in [-0.1, -0.05) is 56.1 Å². The second-order valence-corrected chi connectivity index (χ2v) is 5.46. The standard InChI is InChI=1S/C15H15Br2N/c1-2-18(14-6-4-3-5-7-14)15-10-13(17)9-8-12(15)11-16/h3-10H,2,11H2,1H3. The van der Waals surface area contributed by atoms with Gasteiger partial charge in [0.25, 0.3) is 0 Å². The van der Waals surface area contributed by atoms with Gasteiger partial charge in [0.05, 0.1) is 0 Å². The van der Waals surface area contributed by atoms with E-state index in [0.717, 1.165) is 16.3 Å². The number of alkyl halides is 1. The summed E-state index contributed by atoms with van der Waals surface area (Å²) in [4.78, 5) is 2.32. The Labute approximate surface area is 125 Å². The maximum Gasteiger partial charge on any atom is 0.0463 e. The Hall–Kier alpha value is -0.800. The lowest BCUT2D eigenvalue weighted by molar-refractivity contribution is 1.01. The lowest BCUT2D eigenvalue weighted by Gasteiger charge is -2.25. The molecule has 0 bridgehead atoms. The van der Waals surface area contributed by atoms with Crippen LogP contribution >= 0.6 is 31.9 Å². The molecule has 0 heterocycles.